The number of nitrogens with zero attached hydrogens (tertiary/aromatic N) is 2. The van der Waals surface area contributed by atoms with Crippen LogP contribution in [0.4, 0.5) is 0 Å². The smallest absolute Gasteiger partial charge is 0.218 e. The minimum absolute atomic E-state index is 0.0851. The number of rotatable bonds is 6. The lowest BCUT2D eigenvalue weighted by atomic mass is 10.2. The second-order valence-electron chi connectivity index (χ2n) is 6.25. The van der Waals surface area contributed by atoms with Gasteiger partial charge in [0.2, 0.25) is 10.0 Å². The normalized spacial score (nSPS) is 17.1. The number of hydrogen-bond acceptors (Lipinski definition) is 3. The van der Waals surface area contributed by atoms with Gasteiger partial charge < -0.3 is 0 Å². The summed E-state index contributed by atoms with van der Waals surface area (Å²) in [5.41, 5.74) is 2.03. The maximum atomic E-state index is 12.6. The molecule has 1 aliphatic heterocycles. The fourth-order valence-electron chi connectivity index (χ4n) is 2.97. The van der Waals surface area contributed by atoms with Crippen molar-refractivity contribution in [2.45, 2.75) is 5.75 Å². The molecular weight excluding hydrogens is 332 g/mol. The van der Waals surface area contributed by atoms with Crippen LogP contribution >= 0.6 is 0 Å². The van der Waals surface area contributed by atoms with Crippen LogP contribution in [0, 0.1) is 0 Å². The van der Waals surface area contributed by atoms with Gasteiger partial charge in [-0.3, -0.25) is 4.90 Å². The van der Waals surface area contributed by atoms with E-state index in [9.17, 15) is 8.42 Å². The van der Waals surface area contributed by atoms with E-state index in [4.69, 9.17) is 0 Å². The molecule has 0 N–H and O–H groups in total. The third-order valence-electron chi connectivity index (χ3n) is 4.39. The van der Waals surface area contributed by atoms with E-state index >= 15 is 0 Å². The van der Waals surface area contributed by atoms with Crippen molar-refractivity contribution < 1.29 is 8.42 Å². The maximum Gasteiger partial charge on any atom is 0.218 e. The molecule has 132 valence electrons. The number of hydrogen-bond donors (Lipinski definition) is 0. The zero-order chi connectivity index (χ0) is 17.5. The molecule has 0 spiro atoms. The average Bonchev–Trinajstić information content (AvgIpc) is 2.64. The van der Waals surface area contributed by atoms with E-state index in [-0.39, 0.29) is 5.75 Å². The van der Waals surface area contributed by atoms with Crippen molar-refractivity contribution in [2.24, 2.45) is 0 Å². The monoisotopic (exact) mass is 356 g/mol. The van der Waals surface area contributed by atoms with Gasteiger partial charge in [0.1, 0.15) is 0 Å². The van der Waals surface area contributed by atoms with Crippen LogP contribution in [0.1, 0.15) is 11.1 Å². The Kier molecular flexibility index (Phi) is 6.02. The highest BCUT2D eigenvalue weighted by atomic mass is 32.2. The second kappa shape index (κ2) is 8.43. The van der Waals surface area contributed by atoms with E-state index in [0.29, 0.717) is 13.1 Å². The number of sulfonamides is 1. The third-order valence-corrected chi connectivity index (χ3v) is 6.24. The van der Waals surface area contributed by atoms with Crippen LogP contribution < -0.4 is 0 Å². The van der Waals surface area contributed by atoms with Crippen molar-refractivity contribution in [1.29, 1.82) is 0 Å². The summed E-state index contributed by atoms with van der Waals surface area (Å²) in [7, 11) is -3.23. The zero-order valence-electron chi connectivity index (χ0n) is 14.3. The Hall–Kier alpha value is -1.95. The first-order chi connectivity index (χ1) is 12.1. The van der Waals surface area contributed by atoms with Gasteiger partial charge in [-0.05, 0) is 11.1 Å². The molecule has 0 aromatic heterocycles. The van der Waals surface area contributed by atoms with Gasteiger partial charge in [0.25, 0.3) is 0 Å². The molecule has 0 aliphatic carbocycles. The van der Waals surface area contributed by atoms with Crippen LogP contribution in [0.5, 0.6) is 0 Å². The van der Waals surface area contributed by atoms with Crippen molar-refractivity contribution in [2.75, 3.05) is 32.7 Å². The van der Waals surface area contributed by atoms with Crippen molar-refractivity contribution in [3.8, 4) is 0 Å². The van der Waals surface area contributed by atoms with Crippen LogP contribution in [-0.2, 0) is 15.8 Å². The van der Waals surface area contributed by atoms with Gasteiger partial charge in [0.15, 0.2) is 0 Å². The van der Waals surface area contributed by atoms with Gasteiger partial charge in [-0.15, -0.1) is 0 Å². The number of piperazine rings is 1. The van der Waals surface area contributed by atoms with Crippen molar-refractivity contribution in [3.05, 3.63) is 77.9 Å². The molecule has 0 amide bonds. The van der Waals surface area contributed by atoms with Crippen molar-refractivity contribution in [3.63, 3.8) is 0 Å². The predicted molar refractivity (Wildman–Crippen MR) is 103 cm³/mol. The van der Waals surface area contributed by atoms with Crippen LogP contribution in [0.25, 0.3) is 6.08 Å². The minimum Gasteiger partial charge on any atom is -0.297 e. The highest BCUT2D eigenvalue weighted by Crippen LogP contribution is 2.13. The molecule has 0 unspecified atom stereocenters. The summed E-state index contributed by atoms with van der Waals surface area (Å²) in [5.74, 6) is 0.0851. The predicted octanol–water partition coefficient (Wildman–Crippen LogP) is 2.85. The molecule has 1 saturated heterocycles. The lowest BCUT2D eigenvalue weighted by molar-refractivity contribution is 0.204. The van der Waals surface area contributed by atoms with Crippen LogP contribution in [0.3, 0.4) is 0 Å². The van der Waals surface area contributed by atoms with Crippen LogP contribution in [-0.4, -0.2) is 50.3 Å². The highest BCUT2D eigenvalue weighted by Gasteiger charge is 2.26. The summed E-state index contributed by atoms with van der Waals surface area (Å²) in [4.78, 5) is 2.29. The van der Waals surface area contributed by atoms with Crippen LogP contribution in [0.15, 0.2) is 66.7 Å². The highest BCUT2D eigenvalue weighted by molar-refractivity contribution is 7.88. The summed E-state index contributed by atoms with van der Waals surface area (Å²) in [6, 6.07) is 19.6. The molecule has 2 aromatic carbocycles. The Balaban J connectivity index is 1.49. The zero-order valence-corrected chi connectivity index (χ0v) is 15.1. The van der Waals surface area contributed by atoms with E-state index in [0.717, 1.165) is 25.2 Å². The Bertz CT molecular complexity index is 781. The topological polar surface area (TPSA) is 40.6 Å². The average molecular weight is 356 g/mol. The molecule has 0 bridgehead atoms. The Morgan fingerprint density at radius 1 is 0.840 bits per heavy atom. The molecule has 0 saturated carbocycles. The first-order valence-electron chi connectivity index (χ1n) is 8.59. The van der Waals surface area contributed by atoms with Crippen LogP contribution in [0.2, 0.25) is 0 Å². The standard InChI is InChI=1S/C20H24N2O2S/c23-25(24,18-20-10-5-2-6-11-20)22-16-14-21(15-17-22)13-7-12-19-8-3-1-4-9-19/h1-12H,13-18H2/b12-7-. The van der Waals surface area contributed by atoms with Gasteiger partial charge in [-0.2, -0.15) is 4.31 Å². The Labute approximate surface area is 150 Å². The number of benzene rings is 2. The summed E-state index contributed by atoms with van der Waals surface area (Å²) in [6.45, 7) is 3.52. The first-order valence-corrected chi connectivity index (χ1v) is 10.2. The minimum atomic E-state index is -3.23. The van der Waals surface area contributed by atoms with E-state index in [1.54, 1.807) is 4.31 Å². The summed E-state index contributed by atoms with van der Waals surface area (Å²) >= 11 is 0. The summed E-state index contributed by atoms with van der Waals surface area (Å²) in [6.07, 6.45) is 4.25. The fourth-order valence-corrected chi connectivity index (χ4v) is 4.48. The molecule has 4 nitrogen and oxygen atoms in total. The molecule has 5 heteroatoms. The molecule has 2 aromatic rings. The maximum absolute atomic E-state index is 12.6. The molecule has 3 rings (SSSR count). The van der Waals surface area contributed by atoms with Crippen molar-refractivity contribution >= 4 is 16.1 Å². The van der Waals surface area contributed by atoms with E-state index in [2.05, 4.69) is 29.2 Å². The fraction of sp³-hybridized carbons (Fsp3) is 0.300. The lowest BCUT2D eigenvalue weighted by Crippen LogP contribution is -2.48. The first kappa shape index (κ1) is 17.9. The van der Waals surface area contributed by atoms with Gasteiger partial charge in [0.05, 0.1) is 5.75 Å². The second-order valence-corrected chi connectivity index (χ2v) is 8.22. The molecule has 25 heavy (non-hydrogen) atoms. The molecule has 1 aliphatic rings. The van der Waals surface area contributed by atoms with Gasteiger partial charge in [-0.25, -0.2) is 8.42 Å². The van der Waals surface area contributed by atoms with Crippen molar-refractivity contribution in [1.82, 2.24) is 9.21 Å². The van der Waals surface area contributed by atoms with Gasteiger partial charge in [0, 0.05) is 32.7 Å². The van der Waals surface area contributed by atoms with E-state index in [1.165, 1.54) is 5.56 Å². The van der Waals surface area contributed by atoms with Gasteiger partial charge >= 0.3 is 0 Å². The van der Waals surface area contributed by atoms with Gasteiger partial charge in [-0.1, -0.05) is 72.8 Å². The lowest BCUT2D eigenvalue weighted by Gasteiger charge is -2.33. The molecule has 0 radical (unpaired) electrons. The summed E-state index contributed by atoms with van der Waals surface area (Å²) < 4.78 is 26.7. The quantitative estimate of drug-likeness (QED) is 0.799. The SMILES string of the molecule is O=S(=O)(Cc1ccccc1)N1CCN(C/C=C\c2ccccc2)CC1. The molecule has 1 fully saturated rings. The molecule has 0 atom stereocenters. The summed E-state index contributed by atoms with van der Waals surface area (Å²) in [5, 5.41) is 0. The largest absolute Gasteiger partial charge is 0.297 e. The Morgan fingerprint density at radius 3 is 2.08 bits per heavy atom. The van der Waals surface area contributed by atoms with E-state index in [1.807, 2.05) is 48.5 Å². The molecule has 1 heterocycles. The molecular formula is C20H24N2O2S. The van der Waals surface area contributed by atoms with E-state index < -0.39 is 10.0 Å². The third kappa shape index (κ3) is 5.26. The Morgan fingerprint density at radius 2 is 1.44 bits per heavy atom.